The normalized spacial score (nSPS) is 25.4. The molecule has 2 fully saturated rings. The molecule has 1 saturated heterocycles. The van der Waals surface area contributed by atoms with Crippen LogP contribution in [0.2, 0.25) is 0 Å². The van der Waals surface area contributed by atoms with Crippen LogP contribution in [-0.4, -0.2) is 63.1 Å². The van der Waals surface area contributed by atoms with Crippen molar-refractivity contribution in [1.82, 2.24) is 20.3 Å². The maximum absolute atomic E-state index is 13.8. The first-order valence-corrected chi connectivity index (χ1v) is 18.6. The number of hydrogen-bond donors (Lipinski definition) is 4. The number of allylic oxidation sites excluding steroid dienone is 1. The Bertz CT molecular complexity index is 2040. The molecule has 2 aliphatic heterocycles. The molecule has 0 unspecified atom stereocenters. The van der Waals surface area contributed by atoms with Gasteiger partial charge in [0.25, 0.3) is 15.9 Å². The van der Waals surface area contributed by atoms with E-state index in [-0.39, 0.29) is 22.8 Å². The van der Waals surface area contributed by atoms with Gasteiger partial charge in [0.05, 0.1) is 30.0 Å². The first-order valence-electron chi connectivity index (χ1n) is 17.1. The molecule has 0 bridgehead atoms. The van der Waals surface area contributed by atoms with Crippen molar-refractivity contribution < 1.29 is 27.5 Å². The van der Waals surface area contributed by atoms with E-state index in [1.165, 1.54) is 6.07 Å². The van der Waals surface area contributed by atoms with Crippen molar-refractivity contribution in [1.29, 1.82) is 0 Å². The minimum absolute atomic E-state index is 0.00704. The number of methoxy groups -OCH3 is 1. The molecule has 0 spiro atoms. The predicted molar refractivity (Wildman–Crippen MR) is 191 cm³/mol. The largest absolute Gasteiger partial charge is 0.497 e. The predicted octanol–water partition coefficient (Wildman–Crippen LogP) is 4.94. The summed E-state index contributed by atoms with van der Waals surface area (Å²) in [5.41, 5.74) is 1.46. The van der Waals surface area contributed by atoms with Crippen molar-refractivity contribution in [2.75, 3.05) is 25.5 Å². The van der Waals surface area contributed by atoms with Gasteiger partial charge in [-0.15, -0.1) is 0 Å². The van der Waals surface area contributed by atoms with E-state index >= 15 is 0 Å². The molecule has 4 N–H and O–H groups in total. The van der Waals surface area contributed by atoms with Gasteiger partial charge in [-0.05, 0) is 49.9 Å². The zero-order valence-corrected chi connectivity index (χ0v) is 28.7. The number of fused-ring (bicyclic) bond motifs is 3. The number of para-hydroxylation sites is 1. The number of sulfonamides is 1. The van der Waals surface area contributed by atoms with Gasteiger partial charge in [-0.3, -0.25) is 9.59 Å². The Kier molecular flexibility index (Phi) is 9.48. The van der Waals surface area contributed by atoms with Crippen molar-refractivity contribution in [2.45, 2.75) is 61.1 Å². The fourth-order valence-corrected chi connectivity index (χ4v) is 8.00. The van der Waals surface area contributed by atoms with Crippen molar-refractivity contribution >= 4 is 38.4 Å². The van der Waals surface area contributed by atoms with Gasteiger partial charge >= 0.3 is 0 Å². The first kappa shape index (κ1) is 33.6. The summed E-state index contributed by atoms with van der Waals surface area (Å²) in [7, 11) is -2.61. The highest BCUT2D eigenvalue weighted by Gasteiger charge is 2.61. The number of pyridine rings is 1. The molecule has 1 aromatic heterocycles. The average molecular weight is 696 g/mol. The Morgan fingerprint density at radius 2 is 1.82 bits per heavy atom. The highest BCUT2D eigenvalue weighted by Crippen LogP contribution is 2.46. The van der Waals surface area contributed by atoms with Gasteiger partial charge < -0.3 is 25.4 Å². The maximum atomic E-state index is 13.8. The zero-order chi connectivity index (χ0) is 34.7. The van der Waals surface area contributed by atoms with Crippen LogP contribution in [0.25, 0.3) is 22.2 Å². The number of aromatic nitrogens is 1. The smallest absolute Gasteiger partial charge is 0.266 e. The van der Waals surface area contributed by atoms with Crippen LogP contribution in [0, 0.1) is 5.92 Å². The molecule has 3 aromatic carbocycles. The van der Waals surface area contributed by atoms with Gasteiger partial charge in [0.1, 0.15) is 28.0 Å². The van der Waals surface area contributed by atoms with Crippen molar-refractivity contribution in [2.24, 2.45) is 5.92 Å². The van der Waals surface area contributed by atoms with Crippen LogP contribution in [0.5, 0.6) is 11.5 Å². The van der Waals surface area contributed by atoms with Crippen LogP contribution >= 0.6 is 0 Å². The van der Waals surface area contributed by atoms with Gasteiger partial charge in [0.2, 0.25) is 5.91 Å². The van der Waals surface area contributed by atoms with Crippen LogP contribution in [0.15, 0.2) is 95.9 Å². The summed E-state index contributed by atoms with van der Waals surface area (Å²) >= 11 is 0. The highest BCUT2D eigenvalue weighted by molar-refractivity contribution is 7.90. The zero-order valence-electron chi connectivity index (χ0n) is 27.9. The number of rotatable bonds is 6. The van der Waals surface area contributed by atoms with E-state index in [1.54, 1.807) is 25.3 Å². The number of anilines is 1. The standard InChI is InChI=1S/C38H41N5O6S/c1-48-27-17-18-29-32(20-27)41-31(25-12-6-5-7-13-25)22-34(29)49-28-21-33(40-24-28)36(44)42-38-23-26(38)14-8-3-2-4-11-19-39-30-15-9-10-16-35(30)50(46,47)43-37(38)45/h5-10,12-18,20,22,26,28,33,39-40H,2-4,11,19,21,23-24H2,1H3,(H,42,44)(H,43,45)/b14-8-/t26-,28+,33-,38+/m0/s1. The summed E-state index contributed by atoms with van der Waals surface area (Å²) in [6, 6.07) is 23.3. The van der Waals surface area contributed by atoms with Crippen LogP contribution in [0.3, 0.4) is 0 Å². The summed E-state index contributed by atoms with van der Waals surface area (Å²) in [6.45, 7) is 1.02. The Morgan fingerprint density at radius 1 is 1.00 bits per heavy atom. The second kappa shape index (κ2) is 14.1. The molecule has 0 radical (unpaired) electrons. The van der Waals surface area contributed by atoms with Gasteiger partial charge in [0.15, 0.2) is 0 Å². The Labute approximate surface area is 291 Å². The number of amides is 2. The number of hydrogen-bond acceptors (Lipinski definition) is 9. The Hall–Kier alpha value is -4.94. The van der Waals surface area contributed by atoms with Crippen molar-refractivity contribution in [3.8, 4) is 22.8 Å². The molecule has 1 aliphatic carbocycles. The molecule has 4 atom stereocenters. The summed E-state index contributed by atoms with van der Waals surface area (Å²) in [5.74, 6) is -0.141. The summed E-state index contributed by atoms with van der Waals surface area (Å²) in [5, 5.41) is 10.2. The van der Waals surface area contributed by atoms with Crippen molar-refractivity contribution in [3.05, 3.63) is 91.0 Å². The van der Waals surface area contributed by atoms with Gasteiger partial charge in [-0.1, -0.05) is 61.0 Å². The third-order valence-corrected chi connectivity index (χ3v) is 11.0. The first-order chi connectivity index (χ1) is 24.3. The van der Waals surface area contributed by atoms with Crippen LogP contribution in [0.1, 0.15) is 38.5 Å². The molecule has 1 saturated carbocycles. The SMILES string of the molecule is COc1ccc2c(O[C@H]3CN[C@H](C(=O)N[C@]45C[C@@H]4/C=C\CCCCCNc4ccccc4S(=O)(=O)NC5=O)C3)cc(-c3ccccc3)nc2c1. The lowest BCUT2D eigenvalue weighted by atomic mass is 10.1. The number of nitrogens with one attached hydrogen (secondary N) is 4. The van der Waals surface area contributed by atoms with E-state index in [0.29, 0.717) is 43.1 Å². The summed E-state index contributed by atoms with van der Waals surface area (Å²) < 4.78 is 41.3. The number of benzene rings is 3. The van der Waals surface area contributed by atoms with Gasteiger partial charge in [-0.25, -0.2) is 18.1 Å². The second-order valence-electron chi connectivity index (χ2n) is 13.1. The number of carbonyl (C=O) groups excluding carboxylic acids is 2. The molecule has 11 nitrogen and oxygen atoms in total. The van der Waals surface area contributed by atoms with E-state index < -0.39 is 27.5 Å². The van der Waals surface area contributed by atoms with E-state index in [0.717, 1.165) is 47.8 Å². The maximum Gasteiger partial charge on any atom is 0.266 e. The third kappa shape index (κ3) is 7.03. The third-order valence-electron chi connectivity index (χ3n) is 9.65. The van der Waals surface area contributed by atoms with E-state index in [1.807, 2.05) is 66.7 Å². The highest BCUT2D eigenvalue weighted by atomic mass is 32.2. The molecule has 3 heterocycles. The van der Waals surface area contributed by atoms with Crippen LogP contribution in [0.4, 0.5) is 5.69 Å². The Balaban J connectivity index is 1.09. The lowest BCUT2D eigenvalue weighted by Crippen LogP contribution is -2.55. The molecular formula is C38H41N5O6S. The number of carbonyl (C=O) groups is 2. The van der Waals surface area contributed by atoms with E-state index in [2.05, 4.69) is 20.7 Å². The summed E-state index contributed by atoms with van der Waals surface area (Å²) in [4.78, 5) is 32.4. The van der Waals surface area contributed by atoms with Gasteiger partial charge in [-0.2, -0.15) is 0 Å². The molecule has 12 heteroatoms. The van der Waals surface area contributed by atoms with Crippen LogP contribution < -0.4 is 30.1 Å². The molecule has 260 valence electrons. The quantitative estimate of drug-likeness (QED) is 0.206. The van der Waals surface area contributed by atoms with Gasteiger partial charge in [0, 0.05) is 48.5 Å². The minimum Gasteiger partial charge on any atom is -0.497 e. The molecule has 2 amide bonds. The minimum atomic E-state index is -4.22. The number of ether oxygens (including phenoxy) is 2. The molecular weight excluding hydrogens is 655 g/mol. The average Bonchev–Trinajstić information content (AvgIpc) is 3.62. The molecule has 50 heavy (non-hydrogen) atoms. The van der Waals surface area contributed by atoms with E-state index in [9.17, 15) is 18.0 Å². The lowest BCUT2D eigenvalue weighted by Gasteiger charge is -2.22. The molecule has 7 rings (SSSR count). The fraction of sp³-hybridized carbons (Fsp3) is 0.342. The topological polar surface area (TPSA) is 148 Å². The lowest BCUT2D eigenvalue weighted by molar-refractivity contribution is -0.130. The van der Waals surface area contributed by atoms with Crippen molar-refractivity contribution in [3.63, 3.8) is 0 Å². The molecule has 4 aromatic rings. The number of nitrogens with zero attached hydrogens (tertiary/aromatic N) is 1. The summed E-state index contributed by atoms with van der Waals surface area (Å²) in [6.07, 6.45) is 7.93. The van der Waals surface area contributed by atoms with E-state index in [4.69, 9.17) is 14.5 Å². The molecule has 3 aliphatic rings. The fourth-order valence-electron chi connectivity index (χ4n) is 6.78. The van der Waals surface area contributed by atoms with Crippen LogP contribution in [-0.2, 0) is 19.6 Å². The Morgan fingerprint density at radius 3 is 2.66 bits per heavy atom. The monoisotopic (exact) mass is 695 g/mol. The second-order valence-corrected chi connectivity index (χ2v) is 14.7.